The van der Waals surface area contributed by atoms with Crippen molar-refractivity contribution in [1.82, 2.24) is 9.21 Å². The number of piperazine rings is 1. The SMILES string of the molecule is CCN(C)c1cccc(NC(=O)c2ccc(S(=O)(=O)N3CCN(C(C)=O)CC3)cc2)c1. The van der Waals surface area contributed by atoms with Gasteiger partial charge >= 0.3 is 0 Å². The molecule has 3 rings (SSSR count). The molecule has 2 aromatic carbocycles. The Morgan fingerprint density at radius 2 is 1.68 bits per heavy atom. The molecule has 1 aliphatic heterocycles. The number of nitrogens with one attached hydrogen (secondary N) is 1. The van der Waals surface area contributed by atoms with Crippen LogP contribution in [-0.4, -0.2) is 69.2 Å². The minimum Gasteiger partial charge on any atom is -0.375 e. The van der Waals surface area contributed by atoms with Gasteiger partial charge < -0.3 is 15.1 Å². The fraction of sp³-hybridized carbons (Fsp3) is 0.364. The van der Waals surface area contributed by atoms with Gasteiger partial charge in [0.25, 0.3) is 5.91 Å². The van der Waals surface area contributed by atoms with Gasteiger partial charge in [0.05, 0.1) is 4.90 Å². The van der Waals surface area contributed by atoms with Crippen LogP contribution in [-0.2, 0) is 14.8 Å². The van der Waals surface area contributed by atoms with Gasteiger partial charge in [0.15, 0.2) is 0 Å². The van der Waals surface area contributed by atoms with E-state index in [1.54, 1.807) is 4.90 Å². The number of hydrogen-bond donors (Lipinski definition) is 1. The maximum absolute atomic E-state index is 12.9. The first-order valence-corrected chi connectivity index (χ1v) is 11.6. The van der Waals surface area contributed by atoms with Gasteiger partial charge in [-0.3, -0.25) is 9.59 Å². The predicted molar refractivity (Wildman–Crippen MR) is 121 cm³/mol. The molecule has 0 bridgehead atoms. The molecule has 1 saturated heterocycles. The van der Waals surface area contributed by atoms with Crippen LogP contribution in [0.1, 0.15) is 24.2 Å². The summed E-state index contributed by atoms with van der Waals surface area (Å²) in [6, 6.07) is 13.5. The number of carbonyl (C=O) groups excluding carboxylic acids is 2. The summed E-state index contributed by atoms with van der Waals surface area (Å²) < 4.78 is 27.1. The van der Waals surface area contributed by atoms with Crippen LogP contribution in [0.3, 0.4) is 0 Å². The molecule has 0 aliphatic carbocycles. The van der Waals surface area contributed by atoms with Crippen molar-refractivity contribution < 1.29 is 18.0 Å². The quantitative estimate of drug-likeness (QED) is 0.738. The first-order chi connectivity index (χ1) is 14.7. The third-order valence-corrected chi connectivity index (χ3v) is 7.37. The fourth-order valence-electron chi connectivity index (χ4n) is 3.38. The van der Waals surface area contributed by atoms with Gasteiger partial charge in [-0.15, -0.1) is 0 Å². The number of anilines is 2. The average molecular weight is 445 g/mol. The van der Waals surface area contributed by atoms with Gasteiger partial charge in [-0.25, -0.2) is 8.42 Å². The van der Waals surface area contributed by atoms with E-state index in [2.05, 4.69) is 10.2 Å². The van der Waals surface area contributed by atoms with Crippen LogP contribution in [0.15, 0.2) is 53.4 Å². The van der Waals surface area contributed by atoms with E-state index in [9.17, 15) is 18.0 Å². The molecule has 2 amide bonds. The molecule has 0 atom stereocenters. The summed E-state index contributed by atoms with van der Waals surface area (Å²) >= 11 is 0. The van der Waals surface area contributed by atoms with E-state index in [1.165, 1.54) is 35.5 Å². The maximum Gasteiger partial charge on any atom is 0.255 e. The van der Waals surface area contributed by atoms with Crippen molar-refractivity contribution in [2.75, 3.05) is 50.0 Å². The van der Waals surface area contributed by atoms with Crippen molar-refractivity contribution in [3.63, 3.8) is 0 Å². The second-order valence-corrected chi connectivity index (χ2v) is 9.39. The lowest BCUT2D eigenvalue weighted by atomic mass is 10.2. The highest BCUT2D eigenvalue weighted by Crippen LogP contribution is 2.21. The van der Waals surface area contributed by atoms with Crippen LogP contribution in [0.25, 0.3) is 0 Å². The molecular formula is C22H28N4O4S. The highest BCUT2D eigenvalue weighted by molar-refractivity contribution is 7.89. The summed E-state index contributed by atoms with van der Waals surface area (Å²) in [5, 5.41) is 2.85. The summed E-state index contributed by atoms with van der Waals surface area (Å²) in [5.74, 6) is -0.366. The van der Waals surface area contributed by atoms with E-state index in [-0.39, 0.29) is 29.8 Å². The highest BCUT2D eigenvalue weighted by Gasteiger charge is 2.29. The molecule has 0 radical (unpaired) electrons. The van der Waals surface area contributed by atoms with Crippen molar-refractivity contribution in [2.24, 2.45) is 0 Å². The lowest BCUT2D eigenvalue weighted by Crippen LogP contribution is -2.49. The molecule has 1 fully saturated rings. The number of benzene rings is 2. The number of rotatable bonds is 6. The molecule has 166 valence electrons. The number of carbonyl (C=O) groups is 2. The van der Waals surface area contributed by atoms with Gasteiger partial charge in [0.1, 0.15) is 0 Å². The van der Waals surface area contributed by atoms with Crippen LogP contribution < -0.4 is 10.2 Å². The molecule has 0 unspecified atom stereocenters. The Labute approximate surface area is 183 Å². The van der Waals surface area contributed by atoms with E-state index >= 15 is 0 Å². The molecule has 8 nitrogen and oxygen atoms in total. The third kappa shape index (κ3) is 5.23. The molecule has 0 aromatic heterocycles. The van der Waals surface area contributed by atoms with E-state index in [1.807, 2.05) is 38.2 Å². The van der Waals surface area contributed by atoms with E-state index in [4.69, 9.17) is 0 Å². The van der Waals surface area contributed by atoms with Crippen molar-refractivity contribution in [3.8, 4) is 0 Å². The highest BCUT2D eigenvalue weighted by atomic mass is 32.2. The molecular weight excluding hydrogens is 416 g/mol. The van der Waals surface area contributed by atoms with Crippen LogP contribution in [0.5, 0.6) is 0 Å². The zero-order valence-corrected chi connectivity index (χ0v) is 18.9. The fourth-order valence-corrected chi connectivity index (χ4v) is 4.80. The van der Waals surface area contributed by atoms with Crippen LogP contribution in [0, 0.1) is 0 Å². The monoisotopic (exact) mass is 444 g/mol. The van der Waals surface area contributed by atoms with E-state index in [0.29, 0.717) is 24.3 Å². The standard InChI is InChI=1S/C22H28N4O4S/c1-4-24(3)20-7-5-6-19(16-20)23-22(28)18-8-10-21(11-9-18)31(29,30)26-14-12-25(13-15-26)17(2)27/h5-11,16H,4,12-15H2,1-3H3,(H,23,28). The molecule has 9 heteroatoms. The molecule has 2 aromatic rings. The Balaban J connectivity index is 1.68. The average Bonchev–Trinajstić information content (AvgIpc) is 2.78. The normalized spacial score (nSPS) is 14.9. The van der Waals surface area contributed by atoms with Gasteiger partial charge in [-0.1, -0.05) is 6.07 Å². The molecule has 31 heavy (non-hydrogen) atoms. The topological polar surface area (TPSA) is 90.0 Å². The Morgan fingerprint density at radius 1 is 1.03 bits per heavy atom. The summed E-state index contributed by atoms with van der Waals surface area (Å²) in [5.41, 5.74) is 2.03. The largest absolute Gasteiger partial charge is 0.375 e. The number of nitrogens with zero attached hydrogens (tertiary/aromatic N) is 3. The Hall–Kier alpha value is -2.91. The number of hydrogen-bond acceptors (Lipinski definition) is 5. The lowest BCUT2D eigenvalue weighted by molar-refractivity contribution is -0.129. The van der Waals surface area contributed by atoms with Crippen molar-refractivity contribution in [3.05, 3.63) is 54.1 Å². The van der Waals surface area contributed by atoms with Crippen LogP contribution in [0.4, 0.5) is 11.4 Å². The molecule has 1 N–H and O–H groups in total. The summed E-state index contributed by atoms with van der Waals surface area (Å²) in [6.45, 7) is 5.63. The third-order valence-electron chi connectivity index (χ3n) is 5.46. The minimum absolute atomic E-state index is 0.0562. The first-order valence-electron chi connectivity index (χ1n) is 10.2. The zero-order valence-electron chi connectivity index (χ0n) is 18.0. The molecule has 1 heterocycles. The Morgan fingerprint density at radius 3 is 2.26 bits per heavy atom. The minimum atomic E-state index is -3.67. The van der Waals surface area contributed by atoms with Crippen LogP contribution >= 0.6 is 0 Å². The van der Waals surface area contributed by atoms with E-state index < -0.39 is 10.0 Å². The number of sulfonamides is 1. The number of amides is 2. The molecule has 0 spiro atoms. The zero-order chi connectivity index (χ0) is 22.6. The predicted octanol–water partition coefficient (Wildman–Crippen LogP) is 2.25. The summed E-state index contributed by atoms with van der Waals surface area (Å²) in [7, 11) is -1.70. The van der Waals surface area contributed by atoms with Gasteiger partial charge in [-0.05, 0) is 49.4 Å². The van der Waals surface area contributed by atoms with Crippen LogP contribution in [0.2, 0.25) is 0 Å². The van der Waals surface area contributed by atoms with Crippen molar-refractivity contribution in [1.29, 1.82) is 0 Å². The van der Waals surface area contributed by atoms with Gasteiger partial charge in [0.2, 0.25) is 15.9 Å². The van der Waals surface area contributed by atoms with E-state index in [0.717, 1.165) is 12.2 Å². The van der Waals surface area contributed by atoms with Crippen molar-refractivity contribution in [2.45, 2.75) is 18.7 Å². The summed E-state index contributed by atoms with van der Waals surface area (Å²) in [4.78, 5) is 27.9. The van der Waals surface area contributed by atoms with Gasteiger partial charge in [0, 0.05) is 63.6 Å². The lowest BCUT2D eigenvalue weighted by Gasteiger charge is -2.33. The first kappa shape index (κ1) is 22.8. The second-order valence-electron chi connectivity index (χ2n) is 7.45. The Bertz CT molecular complexity index is 1050. The van der Waals surface area contributed by atoms with Crippen molar-refractivity contribution >= 4 is 33.2 Å². The maximum atomic E-state index is 12.9. The smallest absolute Gasteiger partial charge is 0.255 e. The summed E-state index contributed by atoms with van der Waals surface area (Å²) in [6.07, 6.45) is 0. The Kier molecular flexibility index (Phi) is 6.97. The molecule has 0 saturated carbocycles. The van der Waals surface area contributed by atoms with Gasteiger partial charge in [-0.2, -0.15) is 4.31 Å². The second kappa shape index (κ2) is 9.49. The molecule has 1 aliphatic rings.